The van der Waals surface area contributed by atoms with E-state index in [0.717, 1.165) is 4.80 Å². The first-order valence-corrected chi connectivity index (χ1v) is 2.51. The molecule has 6 heteroatoms. The number of carbonyl (C=O) groups is 1. The Labute approximate surface area is 56.3 Å². The Balaban J connectivity index is 3.15. The Morgan fingerprint density at radius 3 is 2.50 bits per heavy atom. The summed E-state index contributed by atoms with van der Waals surface area (Å²) in [5.41, 5.74) is 4.96. The van der Waals surface area contributed by atoms with Crippen LogP contribution in [0.1, 0.15) is 10.5 Å². The van der Waals surface area contributed by atoms with Gasteiger partial charge in [-0.1, -0.05) is 0 Å². The van der Waals surface area contributed by atoms with Gasteiger partial charge >= 0.3 is 5.97 Å². The Morgan fingerprint density at radius 2 is 2.30 bits per heavy atom. The lowest BCUT2D eigenvalue weighted by molar-refractivity contribution is 0.0691. The molecule has 0 spiro atoms. The van der Waals surface area contributed by atoms with Crippen LogP contribution in [-0.4, -0.2) is 26.1 Å². The molecule has 0 saturated carbocycles. The van der Waals surface area contributed by atoms with Crippen LogP contribution in [0.3, 0.4) is 0 Å². The summed E-state index contributed by atoms with van der Waals surface area (Å²) in [5, 5.41) is 15.4. The summed E-state index contributed by atoms with van der Waals surface area (Å²) in [7, 11) is 1.50. The van der Waals surface area contributed by atoms with Crippen molar-refractivity contribution < 1.29 is 9.90 Å². The first-order valence-electron chi connectivity index (χ1n) is 2.51. The van der Waals surface area contributed by atoms with Crippen molar-refractivity contribution in [1.82, 2.24) is 15.0 Å². The molecule has 0 bridgehead atoms. The lowest BCUT2D eigenvalue weighted by Gasteiger charge is -1.82. The van der Waals surface area contributed by atoms with E-state index in [1.165, 1.54) is 7.05 Å². The molecule has 0 aliphatic rings. The largest absolute Gasteiger partial charge is 0.476 e. The second kappa shape index (κ2) is 1.98. The number of aromatic carboxylic acids is 1. The number of aryl methyl sites for hydroxylation is 1. The highest BCUT2D eigenvalue weighted by Crippen LogP contribution is 2.01. The second-order valence-corrected chi connectivity index (χ2v) is 1.73. The SMILES string of the molecule is Cn1nc(N)c(C(=O)O)n1. The minimum atomic E-state index is -1.16. The molecule has 0 radical (unpaired) electrons. The van der Waals surface area contributed by atoms with E-state index in [1.54, 1.807) is 0 Å². The van der Waals surface area contributed by atoms with Crippen molar-refractivity contribution in [3.05, 3.63) is 5.69 Å². The Hall–Kier alpha value is -1.59. The minimum Gasteiger partial charge on any atom is -0.476 e. The zero-order valence-electron chi connectivity index (χ0n) is 5.27. The fourth-order valence-corrected chi connectivity index (χ4v) is 0.574. The number of rotatable bonds is 1. The molecule has 1 aromatic rings. The first-order chi connectivity index (χ1) is 4.61. The lowest BCUT2D eigenvalue weighted by Crippen LogP contribution is -2.01. The first kappa shape index (κ1) is 6.53. The molecule has 0 aliphatic heterocycles. The van der Waals surface area contributed by atoms with Gasteiger partial charge < -0.3 is 10.8 Å². The van der Waals surface area contributed by atoms with E-state index in [-0.39, 0.29) is 11.5 Å². The smallest absolute Gasteiger partial charge is 0.360 e. The predicted molar refractivity (Wildman–Crippen MR) is 32.4 cm³/mol. The summed E-state index contributed by atoms with van der Waals surface area (Å²) in [4.78, 5) is 11.3. The van der Waals surface area contributed by atoms with E-state index in [2.05, 4.69) is 10.2 Å². The number of anilines is 1. The Kier molecular flexibility index (Phi) is 1.29. The van der Waals surface area contributed by atoms with Gasteiger partial charge in [0.25, 0.3) is 0 Å². The minimum absolute atomic E-state index is 0.0602. The molecule has 0 unspecified atom stereocenters. The number of nitrogen functional groups attached to an aromatic ring is 1. The molecule has 0 atom stereocenters. The van der Waals surface area contributed by atoms with E-state index in [1.807, 2.05) is 0 Å². The zero-order chi connectivity index (χ0) is 7.72. The molecule has 1 heterocycles. The van der Waals surface area contributed by atoms with E-state index in [4.69, 9.17) is 10.8 Å². The van der Waals surface area contributed by atoms with Gasteiger partial charge in [0.2, 0.25) is 5.69 Å². The van der Waals surface area contributed by atoms with Crippen LogP contribution in [0.2, 0.25) is 0 Å². The van der Waals surface area contributed by atoms with Gasteiger partial charge in [-0.25, -0.2) is 4.79 Å². The van der Waals surface area contributed by atoms with E-state index >= 15 is 0 Å². The topological polar surface area (TPSA) is 94.0 Å². The third kappa shape index (κ3) is 0.903. The zero-order valence-corrected chi connectivity index (χ0v) is 5.27. The van der Waals surface area contributed by atoms with Gasteiger partial charge in [0.15, 0.2) is 5.82 Å². The summed E-state index contributed by atoms with van der Waals surface area (Å²) in [6.07, 6.45) is 0. The van der Waals surface area contributed by atoms with Crippen molar-refractivity contribution >= 4 is 11.8 Å². The van der Waals surface area contributed by atoms with Crippen molar-refractivity contribution in [2.75, 3.05) is 5.73 Å². The highest BCUT2D eigenvalue weighted by molar-refractivity contribution is 5.89. The second-order valence-electron chi connectivity index (χ2n) is 1.73. The van der Waals surface area contributed by atoms with Gasteiger partial charge in [0.1, 0.15) is 0 Å². The van der Waals surface area contributed by atoms with Gasteiger partial charge in [0, 0.05) is 7.05 Å². The van der Waals surface area contributed by atoms with Gasteiger partial charge in [-0.15, -0.1) is 10.2 Å². The Morgan fingerprint density at radius 1 is 1.70 bits per heavy atom. The van der Waals surface area contributed by atoms with E-state index in [0.29, 0.717) is 0 Å². The number of hydrogen-bond acceptors (Lipinski definition) is 4. The van der Waals surface area contributed by atoms with Crippen molar-refractivity contribution in [1.29, 1.82) is 0 Å². The molecule has 10 heavy (non-hydrogen) atoms. The van der Waals surface area contributed by atoms with Gasteiger partial charge in [-0.3, -0.25) is 0 Å². The summed E-state index contributed by atoms with van der Waals surface area (Å²) in [6.45, 7) is 0. The summed E-state index contributed by atoms with van der Waals surface area (Å²) in [6, 6.07) is 0. The highest BCUT2D eigenvalue weighted by Gasteiger charge is 2.12. The molecule has 0 fully saturated rings. The van der Waals surface area contributed by atoms with E-state index < -0.39 is 5.97 Å². The third-order valence-corrected chi connectivity index (χ3v) is 0.942. The van der Waals surface area contributed by atoms with Gasteiger partial charge in [-0.2, -0.15) is 4.80 Å². The number of aromatic nitrogens is 3. The van der Waals surface area contributed by atoms with Crippen LogP contribution < -0.4 is 5.73 Å². The quantitative estimate of drug-likeness (QED) is 0.529. The molecule has 0 aliphatic carbocycles. The molecular weight excluding hydrogens is 136 g/mol. The van der Waals surface area contributed by atoms with Crippen molar-refractivity contribution in [3.8, 4) is 0 Å². The van der Waals surface area contributed by atoms with Crippen LogP contribution >= 0.6 is 0 Å². The fourth-order valence-electron chi connectivity index (χ4n) is 0.574. The average Bonchev–Trinajstić information content (AvgIpc) is 2.10. The number of carboxylic acid groups (broad SMARTS) is 1. The number of carboxylic acids is 1. The maximum atomic E-state index is 10.2. The average molecular weight is 142 g/mol. The van der Waals surface area contributed by atoms with Crippen LogP contribution in [-0.2, 0) is 7.05 Å². The molecule has 0 amide bonds. The highest BCUT2D eigenvalue weighted by atomic mass is 16.4. The van der Waals surface area contributed by atoms with Gasteiger partial charge in [0.05, 0.1) is 0 Å². The van der Waals surface area contributed by atoms with Crippen molar-refractivity contribution in [2.45, 2.75) is 0 Å². The normalized spacial score (nSPS) is 9.70. The monoisotopic (exact) mass is 142 g/mol. The molecule has 3 N–H and O–H groups in total. The van der Waals surface area contributed by atoms with Crippen LogP contribution in [0.5, 0.6) is 0 Å². The maximum absolute atomic E-state index is 10.2. The standard InChI is InChI=1S/C4H6N4O2/c1-8-6-2(4(9)10)3(5)7-8/h1H3,(H2,5,7)(H,9,10). The lowest BCUT2D eigenvalue weighted by atomic mass is 10.4. The summed E-state index contributed by atoms with van der Waals surface area (Å²) >= 11 is 0. The number of hydrogen-bond donors (Lipinski definition) is 2. The number of nitrogens with two attached hydrogens (primary N) is 1. The third-order valence-electron chi connectivity index (χ3n) is 0.942. The van der Waals surface area contributed by atoms with Crippen molar-refractivity contribution in [3.63, 3.8) is 0 Å². The van der Waals surface area contributed by atoms with Crippen LogP contribution in [0.4, 0.5) is 5.82 Å². The predicted octanol–water partition coefficient (Wildman–Crippen LogP) is -0.904. The Bertz CT molecular complexity index is 266. The maximum Gasteiger partial charge on any atom is 0.360 e. The fraction of sp³-hybridized carbons (Fsp3) is 0.250. The summed E-state index contributed by atoms with van der Waals surface area (Å²) < 4.78 is 0. The molecule has 0 saturated heterocycles. The van der Waals surface area contributed by atoms with Crippen LogP contribution in [0.15, 0.2) is 0 Å². The molecule has 1 rings (SSSR count). The van der Waals surface area contributed by atoms with Crippen LogP contribution in [0.25, 0.3) is 0 Å². The van der Waals surface area contributed by atoms with Gasteiger partial charge in [-0.05, 0) is 0 Å². The molecular formula is C4H6N4O2. The molecule has 54 valence electrons. The molecule has 1 aromatic heterocycles. The molecule has 6 nitrogen and oxygen atoms in total. The molecule has 0 aromatic carbocycles. The summed E-state index contributed by atoms with van der Waals surface area (Å²) in [5.74, 6) is -1.22. The number of nitrogens with zero attached hydrogens (tertiary/aromatic N) is 3. The van der Waals surface area contributed by atoms with E-state index in [9.17, 15) is 4.79 Å². The van der Waals surface area contributed by atoms with Crippen LogP contribution in [0, 0.1) is 0 Å². The van der Waals surface area contributed by atoms with Crippen molar-refractivity contribution in [2.24, 2.45) is 7.05 Å².